The first kappa shape index (κ1) is 22.1. The minimum Gasteiger partial charge on any atom is -0.354 e. The van der Waals surface area contributed by atoms with Crippen LogP contribution in [-0.2, 0) is 11.6 Å². The van der Waals surface area contributed by atoms with Crippen LogP contribution in [0.15, 0.2) is 16.8 Å². The van der Waals surface area contributed by atoms with Crippen LogP contribution in [0.3, 0.4) is 0 Å². The molecule has 30 heavy (non-hydrogen) atoms. The van der Waals surface area contributed by atoms with Gasteiger partial charge in [-0.15, -0.1) is 0 Å². The van der Waals surface area contributed by atoms with Crippen molar-refractivity contribution >= 4 is 29.4 Å². The van der Waals surface area contributed by atoms with Gasteiger partial charge < -0.3 is 14.3 Å². The molecule has 3 rings (SSSR count). The van der Waals surface area contributed by atoms with E-state index in [9.17, 15) is 18.0 Å². The van der Waals surface area contributed by atoms with Gasteiger partial charge in [0.1, 0.15) is 5.82 Å². The molecule has 8 nitrogen and oxygen atoms in total. The molecular formula is C18H22ClF3N6O2. The average molecular weight is 447 g/mol. The average Bonchev–Trinajstić information content (AvgIpc) is 2.97. The Morgan fingerprint density at radius 3 is 2.53 bits per heavy atom. The number of pyridine rings is 1. The quantitative estimate of drug-likeness (QED) is 0.744. The summed E-state index contributed by atoms with van der Waals surface area (Å²) in [4.78, 5) is 24.0. The highest BCUT2D eigenvalue weighted by Crippen LogP contribution is 2.33. The number of hydrogen-bond acceptors (Lipinski definition) is 6. The number of rotatable bonds is 2. The van der Waals surface area contributed by atoms with E-state index < -0.39 is 11.7 Å². The number of amides is 2. The van der Waals surface area contributed by atoms with Gasteiger partial charge in [0.25, 0.3) is 5.95 Å². The lowest BCUT2D eigenvalue weighted by molar-refractivity contribution is -0.137. The third-order valence-corrected chi connectivity index (χ3v) is 4.80. The Labute approximate surface area is 176 Å². The molecule has 1 aliphatic rings. The van der Waals surface area contributed by atoms with Crippen LogP contribution in [0.2, 0.25) is 5.02 Å². The van der Waals surface area contributed by atoms with Gasteiger partial charge in [-0.1, -0.05) is 32.4 Å². The van der Waals surface area contributed by atoms with Crippen LogP contribution >= 0.6 is 11.6 Å². The molecule has 0 bridgehead atoms. The number of halogens is 4. The Hall–Kier alpha value is -2.56. The Balaban J connectivity index is 1.63. The van der Waals surface area contributed by atoms with Gasteiger partial charge in [-0.3, -0.25) is 5.32 Å². The van der Waals surface area contributed by atoms with Crippen LogP contribution in [0.4, 0.5) is 29.7 Å². The predicted molar refractivity (Wildman–Crippen MR) is 105 cm³/mol. The van der Waals surface area contributed by atoms with Gasteiger partial charge >= 0.3 is 12.2 Å². The van der Waals surface area contributed by atoms with Crippen LogP contribution < -0.4 is 10.2 Å². The fraction of sp³-hybridized carbons (Fsp3) is 0.556. The Bertz CT molecular complexity index is 912. The van der Waals surface area contributed by atoms with Gasteiger partial charge in [0, 0.05) is 37.8 Å². The van der Waals surface area contributed by atoms with Crippen LogP contribution in [-0.4, -0.2) is 52.2 Å². The van der Waals surface area contributed by atoms with Crippen LogP contribution in [0.5, 0.6) is 0 Å². The zero-order chi connectivity index (χ0) is 22.1. The lowest BCUT2D eigenvalue weighted by Gasteiger charge is -2.23. The standard InChI is InChI=1S/C18H22ClF3N6O2/c1-17(2,3)14-24-15(26-30-14)25-16(29)28-6-4-5-27(7-8-28)13-12(19)9-11(10-23-13)18(20,21)22/h9-10H,4-8H2,1-3H3,(H,25,26,29). The largest absolute Gasteiger partial charge is 0.417 e. The molecule has 0 radical (unpaired) electrons. The van der Waals surface area contributed by atoms with Crippen molar-refractivity contribution in [2.75, 3.05) is 36.4 Å². The van der Waals surface area contributed by atoms with Crippen molar-refractivity contribution < 1.29 is 22.5 Å². The van der Waals surface area contributed by atoms with Crippen molar-refractivity contribution in [3.63, 3.8) is 0 Å². The number of urea groups is 1. The maximum absolute atomic E-state index is 12.8. The normalized spacial score (nSPS) is 15.8. The summed E-state index contributed by atoms with van der Waals surface area (Å²) in [5.41, 5.74) is -1.24. The summed E-state index contributed by atoms with van der Waals surface area (Å²) in [6.07, 6.45) is -3.16. The minimum atomic E-state index is -4.51. The molecule has 0 atom stereocenters. The van der Waals surface area contributed by atoms with Gasteiger partial charge in [-0.25, -0.2) is 9.78 Å². The van der Waals surface area contributed by atoms with Crippen LogP contribution in [0, 0.1) is 0 Å². The summed E-state index contributed by atoms with van der Waals surface area (Å²) in [5, 5.41) is 6.30. The first-order chi connectivity index (χ1) is 13.9. The molecule has 2 aromatic rings. The van der Waals surface area contributed by atoms with Gasteiger partial charge in [0.2, 0.25) is 5.89 Å². The van der Waals surface area contributed by atoms with Gasteiger partial charge in [0.15, 0.2) is 0 Å². The second kappa shape index (κ2) is 8.29. The Morgan fingerprint density at radius 1 is 1.20 bits per heavy atom. The van der Waals surface area contributed by atoms with Gasteiger partial charge in [-0.05, 0) is 17.6 Å². The van der Waals surface area contributed by atoms with Crippen molar-refractivity contribution in [1.82, 2.24) is 20.0 Å². The second-order valence-corrected chi connectivity index (χ2v) is 8.37. The molecule has 2 amide bonds. The van der Waals surface area contributed by atoms with Crippen LogP contribution in [0.1, 0.15) is 38.6 Å². The zero-order valence-corrected chi connectivity index (χ0v) is 17.5. The minimum absolute atomic E-state index is 0.0794. The molecule has 3 heterocycles. The first-order valence-electron chi connectivity index (χ1n) is 9.33. The van der Waals surface area contributed by atoms with Crippen LogP contribution in [0.25, 0.3) is 0 Å². The fourth-order valence-electron chi connectivity index (χ4n) is 2.90. The van der Waals surface area contributed by atoms with Crippen molar-refractivity contribution in [2.45, 2.75) is 38.8 Å². The smallest absolute Gasteiger partial charge is 0.354 e. The van der Waals surface area contributed by atoms with Crippen molar-refractivity contribution in [3.05, 3.63) is 28.7 Å². The van der Waals surface area contributed by atoms with E-state index >= 15 is 0 Å². The number of alkyl halides is 3. The van der Waals surface area contributed by atoms with Gasteiger partial charge in [0.05, 0.1) is 10.6 Å². The molecule has 0 spiro atoms. The fourth-order valence-corrected chi connectivity index (χ4v) is 3.19. The summed E-state index contributed by atoms with van der Waals surface area (Å²) < 4.78 is 43.6. The van der Waals surface area contributed by atoms with Crippen molar-refractivity contribution in [3.8, 4) is 0 Å². The summed E-state index contributed by atoms with van der Waals surface area (Å²) >= 11 is 6.04. The number of hydrogen-bond donors (Lipinski definition) is 1. The highest BCUT2D eigenvalue weighted by Gasteiger charge is 2.32. The third-order valence-electron chi connectivity index (χ3n) is 4.52. The monoisotopic (exact) mass is 446 g/mol. The summed E-state index contributed by atoms with van der Waals surface area (Å²) in [6.45, 7) is 7.38. The third kappa shape index (κ3) is 5.13. The summed E-state index contributed by atoms with van der Waals surface area (Å²) in [6, 6.07) is 0.479. The molecule has 1 fully saturated rings. The molecule has 12 heteroatoms. The summed E-state index contributed by atoms with van der Waals surface area (Å²) in [5.74, 6) is 0.751. The maximum Gasteiger partial charge on any atom is 0.417 e. The number of carbonyl (C=O) groups excluding carboxylic acids is 1. The maximum atomic E-state index is 12.8. The number of aromatic nitrogens is 3. The lowest BCUT2D eigenvalue weighted by Crippen LogP contribution is -2.38. The number of carbonyl (C=O) groups is 1. The topological polar surface area (TPSA) is 87.4 Å². The van der Waals surface area contributed by atoms with E-state index in [2.05, 4.69) is 20.4 Å². The Morgan fingerprint density at radius 2 is 1.93 bits per heavy atom. The molecule has 1 N–H and O–H groups in total. The second-order valence-electron chi connectivity index (χ2n) is 7.96. The highest BCUT2D eigenvalue weighted by atomic mass is 35.5. The molecule has 0 aromatic carbocycles. The number of nitrogens with one attached hydrogen (secondary N) is 1. The molecule has 1 saturated heterocycles. The van der Waals surface area contributed by atoms with E-state index in [0.717, 1.165) is 12.3 Å². The lowest BCUT2D eigenvalue weighted by atomic mass is 9.97. The van der Waals surface area contributed by atoms with E-state index in [0.29, 0.717) is 38.5 Å². The molecule has 1 aliphatic heterocycles. The molecule has 0 aliphatic carbocycles. The molecule has 0 unspecified atom stereocenters. The molecule has 2 aromatic heterocycles. The highest BCUT2D eigenvalue weighted by molar-refractivity contribution is 6.33. The number of anilines is 2. The first-order valence-corrected chi connectivity index (χ1v) is 9.71. The van der Waals surface area contributed by atoms with E-state index in [1.54, 1.807) is 9.80 Å². The van der Waals surface area contributed by atoms with Gasteiger partial charge in [-0.2, -0.15) is 18.2 Å². The SMILES string of the molecule is CC(C)(C)c1nc(NC(=O)N2CCCN(c3ncc(C(F)(F)F)cc3Cl)CC2)no1. The predicted octanol–water partition coefficient (Wildman–Crippen LogP) is 4.18. The van der Waals surface area contributed by atoms with Crippen molar-refractivity contribution in [1.29, 1.82) is 0 Å². The molecule has 0 saturated carbocycles. The van der Waals surface area contributed by atoms with E-state index in [1.807, 2.05) is 20.8 Å². The van der Waals surface area contributed by atoms with E-state index in [-0.39, 0.29) is 28.2 Å². The Kier molecular flexibility index (Phi) is 6.11. The summed E-state index contributed by atoms with van der Waals surface area (Å²) in [7, 11) is 0. The van der Waals surface area contributed by atoms with E-state index in [1.165, 1.54) is 0 Å². The van der Waals surface area contributed by atoms with Crippen molar-refractivity contribution in [2.24, 2.45) is 0 Å². The number of nitrogens with zero attached hydrogens (tertiary/aromatic N) is 5. The van der Waals surface area contributed by atoms with E-state index in [4.69, 9.17) is 16.1 Å². The zero-order valence-electron chi connectivity index (χ0n) is 16.8. The molecule has 164 valence electrons. The molecular weight excluding hydrogens is 425 g/mol.